The van der Waals surface area contributed by atoms with Crippen molar-refractivity contribution in [1.82, 2.24) is 10.3 Å². The first-order valence-corrected chi connectivity index (χ1v) is 7.87. The number of hydrogen-bond donors (Lipinski definition) is 2. The van der Waals surface area contributed by atoms with E-state index in [1.165, 1.54) is 6.07 Å². The molecule has 4 nitrogen and oxygen atoms in total. The molecule has 6 heteroatoms. The van der Waals surface area contributed by atoms with Gasteiger partial charge in [0.25, 0.3) is 5.91 Å². The quantitative estimate of drug-likeness (QED) is 0.804. The van der Waals surface area contributed by atoms with Crippen LogP contribution < -0.4 is 5.32 Å². The molecule has 116 valence electrons. The largest absolute Gasteiger partial charge is 0.392 e. The number of aliphatic hydroxyl groups excluding tert-OH is 1. The molecule has 1 amide bonds. The normalized spacial score (nSPS) is 10.5. The molecule has 0 saturated heterocycles. The number of pyridine rings is 1. The zero-order valence-corrected chi connectivity index (χ0v) is 13.0. The number of nitrogens with zero attached hydrogens (tertiary/aromatic N) is 1. The van der Waals surface area contributed by atoms with Gasteiger partial charge in [-0.15, -0.1) is 11.8 Å². The molecule has 1 heterocycles. The second-order valence-corrected chi connectivity index (χ2v) is 5.87. The van der Waals surface area contributed by atoms with Crippen LogP contribution in [0, 0.1) is 5.82 Å². The molecular formula is C16H17FN2O2S. The van der Waals surface area contributed by atoms with Crippen LogP contribution in [0.1, 0.15) is 28.4 Å². The molecule has 0 bridgehead atoms. The number of carbonyl (C=O) groups is 1. The van der Waals surface area contributed by atoms with Gasteiger partial charge in [-0.05, 0) is 35.6 Å². The van der Waals surface area contributed by atoms with Crippen LogP contribution in [-0.2, 0) is 13.2 Å². The summed E-state index contributed by atoms with van der Waals surface area (Å²) in [7, 11) is 0. The van der Waals surface area contributed by atoms with E-state index < -0.39 is 5.82 Å². The summed E-state index contributed by atoms with van der Waals surface area (Å²) in [6.45, 7) is 1.92. The Bertz CT molecular complexity index is 664. The Hall–Kier alpha value is -1.92. The van der Waals surface area contributed by atoms with Crippen molar-refractivity contribution in [2.45, 2.75) is 25.1 Å². The standard InChI is InChI=1S/C16H17FN2O2S/c1-2-22-15-8-12(5-6-18-15)16(21)19-9-11-3-4-14(17)13(7-11)10-20/h3-8,20H,2,9-10H2,1H3,(H,19,21). The van der Waals surface area contributed by atoms with Gasteiger partial charge in [-0.1, -0.05) is 13.0 Å². The molecule has 2 rings (SSSR count). The average molecular weight is 320 g/mol. The minimum absolute atomic E-state index is 0.213. The van der Waals surface area contributed by atoms with Gasteiger partial charge in [0.2, 0.25) is 0 Å². The van der Waals surface area contributed by atoms with Crippen molar-refractivity contribution in [3.63, 3.8) is 0 Å². The third-order valence-corrected chi connectivity index (χ3v) is 3.83. The predicted octanol–water partition coefficient (Wildman–Crippen LogP) is 2.76. The van der Waals surface area contributed by atoms with E-state index >= 15 is 0 Å². The van der Waals surface area contributed by atoms with E-state index in [0.29, 0.717) is 5.56 Å². The molecule has 2 aromatic rings. The number of hydrogen-bond acceptors (Lipinski definition) is 4. The second-order valence-electron chi connectivity index (χ2n) is 4.58. The van der Waals surface area contributed by atoms with Crippen molar-refractivity contribution in [1.29, 1.82) is 0 Å². The van der Waals surface area contributed by atoms with Gasteiger partial charge in [-0.3, -0.25) is 4.79 Å². The van der Waals surface area contributed by atoms with Crippen molar-refractivity contribution in [2.75, 3.05) is 5.75 Å². The van der Waals surface area contributed by atoms with Crippen LogP contribution in [0.3, 0.4) is 0 Å². The Labute approximate surface area is 132 Å². The highest BCUT2D eigenvalue weighted by molar-refractivity contribution is 7.99. The van der Waals surface area contributed by atoms with Crippen LogP contribution in [0.4, 0.5) is 4.39 Å². The van der Waals surface area contributed by atoms with E-state index in [4.69, 9.17) is 5.11 Å². The zero-order chi connectivity index (χ0) is 15.9. The lowest BCUT2D eigenvalue weighted by atomic mass is 10.1. The van der Waals surface area contributed by atoms with Gasteiger partial charge in [0.1, 0.15) is 5.82 Å². The number of rotatable bonds is 6. The molecule has 1 aromatic carbocycles. The smallest absolute Gasteiger partial charge is 0.251 e. The first kappa shape index (κ1) is 16.5. The molecule has 0 saturated carbocycles. The van der Waals surface area contributed by atoms with Crippen LogP contribution >= 0.6 is 11.8 Å². The predicted molar refractivity (Wildman–Crippen MR) is 84.1 cm³/mol. The van der Waals surface area contributed by atoms with E-state index in [9.17, 15) is 9.18 Å². The molecule has 0 atom stereocenters. The van der Waals surface area contributed by atoms with E-state index in [-0.39, 0.29) is 24.6 Å². The molecule has 0 fully saturated rings. The zero-order valence-electron chi connectivity index (χ0n) is 12.2. The number of carbonyl (C=O) groups excluding carboxylic acids is 1. The Balaban J connectivity index is 2.02. The third kappa shape index (κ3) is 4.29. The van der Waals surface area contributed by atoms with E-state index in [2.05, 4.69) is 10.3 Å². The molecule has 2 N–H and O–H groups in total. The Kier molecular flexibility index (Phi) is 5.91. The summed E-state index contributed by atoms with van der Waals surface area (Å²) < 4.78 is 13.3. The lowest BCUT2D eigenvalue weighted by Gasteiger charge is -2.08. The Morgan fingerprint density at radius 1 is 1.36 bits per heavy atom. The van der Waals surface area contributed by atoms with E-state index in [1.54, 1.807) is 42.2 Å². The number of halogens is 1. The minimum Gasteiger partial charge on any atom is -0.392 e. The fourth-order valence-electron chi connectivity index (χ4n) is 1.92. The first-order chi connectivity index (χ1) is 10.6. The van der Waals surface area contributed by atoms with Crippen LogP contribution in [-0.4, -0.2) is 21.8 Å². The highest BCUT2D eigenvalue weighted by Crippen LogP contribution is 2.16. The second kappa shape index (κ2) is 7.91. The van der Waals surface area contributed by atoms with Crippen molar-refractivity contribution in [3.05, 3.63) is 59.0 Å². The monoisotopic (exact) mass is 320 g/mol. The fourth-order valence-corrected chi connectivity index (χ4v) is 2.56. The Morgan fingerprint density at radius 2 is 2.18 bits per heavy atom. The summed E-state index contributed by atoms with van der Waals surface area (Å²) in [4.78, 5) is 16.3. The molecule has 1 aromatic heterocycles. The summed E-state index contributed by atoms with van der Waals surface area (Å²) in [6.07, 6.45) is 1.61. The SMILES string of the molecule is CCSc1cc(C(=O)NCc2ccc(F)c(CO)c2)ccn1. The van der Waals surface area contributed by atoms with Crippen LogP contribution in [0.25, 0.3) is 0 Å². The molecule has 0 aliphatic heterocycles. The number of nitrogens with one attached hydrogen (secondary N) is 1. The van der Waals surface area contributed by atoms with Gasteiger partial charge in [-0.2, -0.15) is 0 Å². The average Bonchev–Trinajstić information content (AvgIpc) is 2.54. The number of aromatic nitrogens is 1. The summed E-state index contributed by atoms with van der Waals surface area (Å²) in [5.41, 5.74) is 1.49. The van der Waals surface area contributed by atoms with Gasteiger partial charge in [0.15, 0.2) is 0 Å². The summed E-state index contributed by atoms with van der Waals surface area (Å²) in [6, 6.07) is 7.81. The van der Waals surface area contributed by atoms with Crippen LogP contribution in [0.15, 0.2) is 41.6 Å². The number of thioether (sulfide) groups is 1. The molecule has 0 unspecified atom stereocenters. The fraction of sp³-hybridized carbons (Fsp3) is 0.250. The molecular weight excluding hydrogens is 303 g/mol. The first-order valence-electron chi connectivity index (χ1n) is 6.89. The van der Waals surface area contributed by atoms with Crippen LogP contribution in [0.2, 0.25) is 0 Å². The third-order valence-electron chi connectivity index (χ3n) is 3.02. The van der Waals surface area contributed by atoms with Gasteiger partial charge in [0, 0.05) is 23.9 Å². The number of amides is 1. The number of benzene rings is 1. The molecule has 0 radical (unpaired) electrons. The van der Waals surface area contributed by atoms with Crippen LogP contribution in [0.5, 0.6) is 0 Å². The van der Waals surface area contributed by atoms with Gasteiger partial charge in [0.05, 0.1) is 11.6 Å². The topological polar surface area (TPSA) is 62.2 Å². The maximum absolute atomic E-state index is 13.3. The summed E-state index contributed by atoms with van der Waals surface area (Å²) in [5, 5.41) is 12.6. The van der Waals surface area contributed by atoms with E-state index in [0.717, 1.165) is 16.3 Å². The molecule has 0 aliphatic carbocycles. The highest BCUT2D eigenvalue weighted by atomic mass is 32.2. The maximum atomic E-state index is 13.3. The van der Waals surface area contributed by atoms with Crippen molar-refractivity contribution in [2.24, 2.45) is 0 Å². The maximum Gasteiger partial charge on any atom is 0.251 e. The Morgan fingerprint density at radius 3 is 2.91 bits per heavy atom. The van der Waals surface area contributed by atoms with Crippen molar-refractivity contribution in [3.8, 4) is 0 Å². The highest BCUT2D eigenvalue weighted by Gasteiger charge is 2.08. The summed E-state index contributed by atoms with van der Waals surface area (Å²) in [5.74, 6) is 0.223. The molecule has 0 spiro atoms. The number of aliphatic hydroxyl groups is 1. The molecule has 22 heavy (non-hydrogen) atoms. The van der Waals surface area contributed by atoms with Crippen molar-refractivity contribution >= 4 is 17.7 Å². The lowest BCUT2D eigenvalue weighted by Crippen LogP contribution is -2.23. The van der Waals surface area contributed by atoms with Crippen molar-refractivity contribution < 1.29 is 14.3 Å². The minimum atomic E-state index is -0.451. The summed E-state index contributed by atoms with van der Waals surface area (Å²) >= 11 is 1.57. The van der Waals surface area contributed by atoms with Gasteiger partial charge in [-0.25, -0.2) is 9.37 Å². The lowest BCUT2D eigenvalue weighted by molar-refractivity contribution is 0.0950. The van der Waals surface area contributed by atoms with Gasteiger partial charge < -0.3 is 10.4 Å². The molecule has 0 aliphatic rings. The van der Waals surface area contributed by atoms with Gasteiger partial charge >= 0.3 is 0 Å². The van der Waals surface area contributed by atoms with E-state index in [1.807, 2.05) is 6.92 Å².